The molecule has 3 aromatic heterocycles. The molecule has 4 nitrogen and oxygen atoms in total. The van der Waals surface area contributed by atoms with E-state index < -0.39 is 0 Å². The number of amidine groups is 1. The first-order valence-corrected chi connectivity index (χ1v) is 24.9. The van der Waals surface area contributed by atoms with Crippen molar-refractivity contribution < 1.29 is 4.42 Å². The van der Waals surface area contributed by atoms with Crippen molar-refractivity contribution in [2.45, 2.75) is 25.4 Å². The Hall–Kier alpha value is -8.25. The fraction of sp³-hybridized carbons (Fsp3) is 0.0781. The minimum Gasteiger partial charge on any atom is -0.456 e. The van der Waals surface area contributed by atoms with Gasteiger partial charge in [0.1, 0.15) is 17.0 Å². The summed E-state index contributed by atoms with van der Waals surface area (Å²) in [6.07, 6.45) is 0.899. The van der Waals surface area contributed by atoms with E-state index in [1.54, 1.807) is 0 Å². The van der Waals surface area contributed by atoms with Crippen LogP contribution in [0.2, 0.25) is 0 Å². The number of aliphatic imine (C=N–C) groups is 1. The van der Waals surface area contributed by atoms with E-state index in [1.807, 2.05) is 11.3 Å². The number of furan rings is 1. The molecule has 1 N–H and O–H groups in total. The fourth-order valence-electron chi connectivity index (χ4n) is 12.0. The number of nitrogens with zero attached hydrogens (tertiary/aromatic N) is 2. The van der Waals surface area contributed by atoms with E-state index in [9.17, 15) is 0 Å². The summed E-state index contributed by atoms with van der Waals surface area (Å²) in [4.78, 5) is 5.96. The van der Waals surface area contributed by atoms with E-state index >= 15 is 0 Å². The van der Waals surface area contributed by atoms with Crippen molar-refractivity contribution in [1.82, 2.24) is 9.88 Å². The minimum absolute atomic E-state index is 0.0792. The predicted molar refractivity (Wildman–Crippen MR) is 293 cm³/mol. The number of fused-ring (bicyclic) bond motifs is 14. The standard InChI is InChI=1S/C64H43N3OS/c1-2-44-60(65-64(48-25-13-21-37-15-7-9-22-45(37)48)66-61(44)50-26-14-28-58-59(50)49-24-11-12-27-57(49)68-58)43-33-53-47-30-29-38-16-8-10-23-46(38)62(47)69-63(53)56(36-43)67-54-34-41-19-5-3-17-39(41)31-51(54)52-32-40-18-4-6-20-42(40)35-55(52)67/h3-36,44,60-61H,2H2,1H3,(H,65,66)/t44-,60?,61?/m0/s1. The third-order valence-electron chi connectivity index (χ3n) is 15.2. The molecule has 0 saturated heterocycles. The van der Waals surface area contributed by atoms with Crippen LogP contribution < -0.4 is 5.32 Å². The fourth-order valence-corrected chi connectivity index (χ4v) is 13.4. The molecule has 0 radical (unpaired) electrons. The van der Waals surface area contributed by atoms with Crippen LogP contribution in [0.15, 0.2) is 216 Å². The van der Waals surface area contributed by atoms with Crippen LogP contribution in [-0.2, 0) is 0 Å². The first-order valence-electron chi connectivity index (χ1n) is 24.1. The van der Waals surface area contributed by atoms with Gasteiger partial charge in [0, 0.05) is 48.5 Å². The molecule has 5 heteroatoms. The highest BCUT2D eigenvalue weighted by molar-refractivity contribution is 7.27. The van der Waals surface area contributed by atoms with Crippen LogP contribution in [-0.4, -0.2) is 10.4 Å². The second-order valence-electron chi connectivity index (χ2n) is 18.9. The van der Waals surface area contributed by atoms with E-state index in [0.29, 0.717) is 0 Å². The summed E-state index contributed by atoms with van der Waals surface area (Å²) in [7, 11) is 0. The molecular formula is C64H43N3OS. The number of hydrogen-bond donors (Lipinski definition) is 1. The SMILES string of the molecule is CC[C@H]1C(c2cc(-n3c4cc5ccccc5cc4c4cc5ccccc5cc43)c3sc4c5ccccc5ccc4c3c2)N=C(c2cccc3ccccc23)NC1c1cccc2oc3ccccc3c12. The van der Waals surface area contributed by atoms with Crippen molar-refractivity contribution in [2.24, 2.45) is 10.9 Å². The zero-order chi connectivity index (χ0) is 45.3. The lowest BCUT2D eigenvalue weighted by Crippen LogP contribution is -2.41. The van der Waals surface area contributed by atoms with Gasteiger partial charge in [-0.15, -0.1) is 11.3 Å². The van der Waals surface area contributed by atoms with E-state index in [4.69, 9.17) is 9.41 Å². The van der Waals surface area contributed by atoms with Crippen LogP contribution >= 0.6 is 11.3 Å². The van der Waals surface area contributed by atoms with Crippen molar-refractivity contribution in [3.63, 3.8) is 0 Å². The van der Waals surface area contributed by atoms with E-state index in [0.717, 1.165) is 34.4 Å². The van der Waals surface area contributed by atoms with Crippen LogP contribution in [0.1, 0.15) is 42.1 Å². The topological polar surface area (TPSA) is 42.5 Å². The second kappa shape index (κ2) is 14.9. The largest absolute Gasteiger partial charge is 0.456 e. The monoisotopic (exact) mass is 901 g/mol. The molecule has 1 aliphatic rings. The van der Waals surface area contributed by atoms with Crippen LogP contribution in [0.25, 0.3) is 113 Å². The first kappa shape index (κ1) is 38.8. The summed E-state index contributed by atoms with van der Waals surface area (Å²) in [6.45, 7) is 2.34. The highest BCUT2D eigenvalue weighted by Crippen LogP contribution is 2.50. The maximum absolute atomic E-state index is 6.57. The average molecular weight is 902 g/mol. The van der Waals surface area contributed by atoms with E-state index in [2.05, 4.69) is 223 Å². The molecule has 0 saturated carbocycles. The van der Waals surface area contributed by atoms with Gasteiger partial charge in [-0.1, -0.05) is 165 Å². The molecule has 2 unspecified atom stereocenters. The number of para-hydroxylation sites is 1. The Labute approximate surface area is 401 Å². The highest BCUT2D eigenvalue weighted by Gasteiger charge is 2.38. The number of nitrogens with one attached hydrogen (secondary N) is 1. The Bertz CT molecular complexity index is 4390. The molecular weight excluding hydrogens is 859 g/mol. The Balaban J connectivity index is 1.06. The molecule has 3 atom stereocenters. The predicted octanol–water partition coefficient (Wildman–Crippen LogP) is 17.5. The van der Waals surface area contributed by atoms with Gasteiger partial charge in [-0.2, -0.15) is 0 Å². The third-order valence-corrected chi connectivity index (χ3v) is 16.5. The molecule has 0 fully saturated rings. The van der Waals surface area contributed by atoms with Gasteiger partial charge in [0.15, 0.2) is 0 Å². The van der Waals surface area contributed by atoms with Gasteiger partial charge >= 0.3 is 0 Å². The Kier molecular flexibility index (Phi) is 8.37. The summed E-state index contributed by atoms with van der Waals surface area (Å²) in [5.74, 6) is 0.999. The lowest BCUT2D eigenvalue weighted by atomic mass is 9.79. The first-order chi connectivity index (χ1) is 34.1. The van der Waals surface area contributed by atoms with Gasteiger partial charge < -0.3 is 14.3 Å². The van der Waals surface area contributed by atoms with Crippen LogP contribution in [0, 0.1) is 5.92 Å². The van der Waals surface area contributed by atoms with Gasteiger partial charge in [0.2, 0.25) is 0 Å². The molecule has 0 bridgehead atoms. The molecule has 0 aliphatic carbocycles. The summed E-state index contributed by atoms with van der Waals surface area (Å²) < 4.78 is 11.7. The van der Waals surface area contributed by atoms with Crippen LogP contribution in [0.5, 0.6) is 0 Å². The number of thiophene rings is 1. The lowest BCUT2D eigenvalue weighted by molar-refractivity contribution is 0.312. The molecule has 14 aromatic rings. The molecule has 0 amide bonds. The van der Waals surface area contributed by atoms with Crippen molar-refractivity contribution in [3.05, 3.63) is 223 Å². The smallest absolute Gasteiger partial charge is 0.135 e. The quantitative estimate of drug-likeness (QED) is 0.187. The zero-order valence-corrected chi connectivity index (χ0v) is 38.6. The summed E-state index contributed by atoms with van der Waals surface area (Å²) in [6, 6.07) is 75.8. The molecule has 0 spiro atoms. The van der Waals surface area contributed by atoms with E-state index in [1.165, 1.54) is 107 Å². The molecule has 4 heterocycles. The molecule has 15 rings (SSSR count). The van der Waals surface area contributed by atoms with Crippen molar-refractivity contribution >= 4 is 124 Å². The molecule has 11 aromatic carbocycles. The average Bonchev–Trinajstić information content (AvgIpc) is 4.08. The number of rotatable bonds is 5. The second-order valence-corrected chi connectivity index (χ2v) is 19.9. The van der Waals surface area contributed by atoms with Crippen LogP contribution in [0.3, 0.4) is 0 Å². The zero-order valence-electron chi connectivity index (χ0n) is 37.8. The van der Waals surface area contributed by atoms with Gasteiger partial charge in [0.25, 0.3) is 0 Å². The van der Waals surface area contributed by atoms with Gasteiger partial charge in [-0.05, 0) is 109 Å². The molecule has 69 heavy (non-hydrogen) atoms. The Morgan fingerprint density at radius 3 is 1.81 bits per heavy atom. The summed E-state index contributed by atoms with van der Waals surface area (Å²) >= 11 is 1.92. The minimum atomic E-state index is -0.197. The van der Waals surface area contributed by atoms with Gasteiger partial charge in [-0.3, -0.25) is 4.99 Å². The van der Waals surface area contributed by atoms with Crippen LogP contribution in [0.4, 0.5) is 0 Å². The summed E-state index contributed by atoms with van der Waals surface area (Å²) in [5.41, 5.74) is 8.95. The van der Waals surface area contributed by atoms with Crippen molar-refractivity contribution in [3.8, 4) is 5.69 Å². The highest BCUT2D eigenvalue weighted by atomic mass is 32.1. The lowest BCUT2D eigenvalue weighted by Gasteiger charge is -2.39. The maximum atomic E-state index is 6.57. The third kappa shape index (κ3) is 5.78. The number of hydrogen-bond acceptors (Lipinski definition) is 4. The molecule has 326 valence electrons. The van der Waals surface area contributed by atoms with Crippen molar-refractivity contribution in [1.29, 1.82) is 0 Å². The van der Waals surface area contributed by atoms with Crippen molar-refractivity contribution in [2.75, 3.05) is 0 Å². The Morgan fingerprint density at radius 1 is 0.493 bits per heavy atom. The molecule has 1 aliphatic heterocycles. The van der Waals surface area contributed by atoms with Gasteiger partial charge in [0.05, 0.1) is 33.5 Å². The number of benzene rings is 11. The summed E-state index contributed by atoms with van der Waals surface area (Å²) in [5, 5.41) is 21.3. The Morgan fingerprint density at radius 2 is 1.09 bits per heavy atom. The maximum Gasteiger partial charge on any atom is 0.135 e. The normalized spacial score (nSPS) is 16.6. The van der Waals surface area contributed by atoms with E-state index in [-0.39, 0.29) is 18.0 Å². The van der Waals surface area contributed by atoms with Gasteiger partial charge in [-0.25, -0.2) is 0 Å². The number of aromatic nitrogens is 1.